The number of aliphatic hydroxyl groups is 1. The van der Waals surface area contributed by atoms with Crippen LogP contribution in [0.2, 0.25) is 0 Å². The van der Waals surface area contributed by atoms with E-state index >= 15 is 0 Å². The number of anilines is 1. The number of Topliss-reactive ketones (excluding diaryl/α,β-unsaturated/α-hetero) is 1. The lowest BCUT2D eigenvalue weighted by Crippen LogP contribution is -2.29. The van der Waals surface area contributed by atoms with Gasteiger partial charge in [0.2, 0.25) is 0 Å². The van der Waals surface area contributed by atoms with Crippen molar-refractivity contribution >= 4 is 28.8 Å². The van der Waals surface area contributed by atoms with E-state index in [1.165, 1.54) is 23.1 Å². The van der Waals surface area contributed by atoms with Crippen LogP contribution >= 0.6 is 0 Å². The smallest absolute Gasteiger partial charge is 0.300 e. The summed E-state index contributed by atoms with van der Waals surface area (Å²) in [5, 5.41) is 22.1. The average Bonchev–Trinajstić information content (AvgIpc) is 3.29. The highest BCUT2D eigenvalue weighted by atomic mass is 16.6. The van der Waals surface area contributed by atoms with Gasteiger partial charge in [0.1, 0.15) is 23.3 Å². The first kappa shape index (κ1) is 20.1. The number of aryl methyl sites for hydroxylation is 2. The quantitative estimate of drug-likeness (QED) is 0.220. The van der Waals surface area contributed by atoms with Gasteiger partial charge >= 0.3 is 0 Å². The zero-order valence-corrected chi connectivity index (χ0v) is 16.7. The summed E-state index contributed by atoms with van der Waals surface area (Å²) in [7, 11) is 0. The predicted molar refractivity (Wildman–Crippen MR) is 113 cm³/mol. The Morgan fingerprint density at radius 3 is 2.39 bits per heavy atom. The Morgan fingerprint density at radius 1 is 1.06 bits per heavy atom. The van der Waals surface area contributed by atoms with Gasteiger partial charge in [-0.1, -0.05) is 29.8 Å². The molecular weight excluding hydrogens is 400 g/mol. The molecule has 1 aromatic heterocycles. The van der Waals surface area contributed by atoms with E-state index in [1.54, 1.807) is 43.3 Å². The van der Waals surface area contributed by atoms with Crippen LogP contribution in [0, 0.1) is 24.0 Å². The van der Waals surface area contributed by atoms with Crippen molar-refractivity contribution in [3.8, 4) is 0 Å². The Kier molecular flexibility index (Phi) is 4.90. The summed E-state index contributed by atoms with van der Waals surface area (Å²) in [6, 6.07) is 14.6. The van der Waals surface area contributed by atoms with Crippen LogP contribution in [-0.4, -0.2) is 21.7 Å². The summed E-state index contributed by atoms with van der Waals surface area (Å²) >= 11 is 0. The SMILES string of the molecule is Cc1ccc(N2C(=O)C(=O)/C(=C(\O)c3cccc([N+](=O)[O-])c3)C2c2ccc(C)o2)cc1. The maximum absolute atomic E-state index is 13.0. The van der Waals surface area contributed by atoms with Gasteiger partial charge < -0.3 is 9.52 Å². The Hall–Kier alpha value is -4.20. The largest absolute Gasteiger partial charge is 0.507 e. The zero-order valence-electron chi connectivity index (χ0n) is 16.7. The summed E-state index contributed by atoms with van der Waals surface area (Å²) in [5.74, 6) is -1.36. The lowest BCUT2D eigenvalue weighted by molar-refractivity contribution is -0.384. The number of nitro benzene ring substituents is 1. The van der Waals surface area contributed by atoms with E-state index in [-0.39, 0.29) is 16.8 Å². The summed E-state index contributed by atoms with van der Waals surface area (Å²) in [6.45, 7) is 3.62. The number of aliphatic hydroxyl groups excluding tert-OH is 1. The fraction of sp³-hybridized carbons (Fsp3) is 0.130. The summed E-state index contributed by atoms with van der Waals surface area (Å²) in [5.41, 5.74) is 1.05. The first-order valence-electron chi connectivity index (χ1n) is 9.47. The second-order valence-electron chi connectivity index (χ2n) is 7.26. The number of nitrogens with zero attached hydrogens (tertiary/aromatic N) is 2. The molecular formula is C23H18N2O6. The average molecular weight is 418 g/mol. The lowest BCUT2D eigenvalue weighted by Gasteiger charge is -2.23. The molecule has 0 aliphatic carbocycles. The first-order chi connectivity index (χ1) is 14.8. The Bertz CT molecular complexity index is 1240. The molecule has 1 aliphatic rings. The molecule has 1 unspecified atom stereocenters. The molecule has 2 heterocycles. The number of hydrogen-bond donors (Lipinski definition) is 1. The van der Waals surface area contributed by atoms with Crippen LogP contribution in [0.1, 0.15) is 28.7 Å². The van der Waals surface area contributed by atoms with Crippen LogP contribution in [0.15, 0.2) is 70.7 Å². The minimum atomic E-state index is -1.02. The molecule has 8 nitrogen and oxygen atoms in total. The van der Waals surface area contributed by atoms with E-state index in [0.717, 1.165) is 11.6 Å². The number of non-ortho nitro benzene ring substituents is 1. The number of ketones is 1. The highest BCUT2D eigenvalue weighted by molar-refractivity contribution is 6.51. The van der Waals surface area contributed by atoms with Crippen LogP contribution in [0.3, 0.4) is 0 Å². The highest BCUT2D eigenvalue weighted by Gasteiger charge is 2.48. The van der Waals surface area contributed by atoms with Gasteiger partial charge in [-0.15, -0.1) is 0 Å². The third-order valence-electron chi connectivity index (χ3n) is 5.12. The first-order valence-corrected chi connectivity index (χ1v) is 9.47. The molecule has 0 bridgehead atoms. The standard InChI is InChI=1S/C23H18N2O6/c1-13-6-9-16(10-7-13)24-20(18-11-8-14(2)31-18)19(22(27)23(24)28)21(26)15-4-3-5-17(12-15)25(29)30/h3-12,20,26H,1-2H3/b21-19-. The van der Waals surface area contributed by atoms with Crippen molar-refractivity contribution in [1.82, 2.24) is 0 Å². The number of amides is 1. The maximum atomic E-state index is 13.0. The number of carbonyl (C=O) groups excluding carboxylic acids is 2. The van der Waals surface area contributed by atoms with Crippen molar-refractivity contribution in [2.75, 3.05) is 4.90 Å². The van der Waals surface area contributed by atoms with E-state index in [0.29, 0.717) is 17.2 Å². The molecule has 1 atom stereocenters. The van der Waals surface area contributed by atoms with E-state index in [2.05, 4.69) is 0 Å². The van der Waals surface area contributed by atoms with Crippen molar-refractivity contribution in [3.63, 3.8) is 0 Å². The third-order valence-corrected chi connectivity index (χ3v) is 5.12. The molecule has 0 spiro atoms. The van der Waals surface area contributed by atoms with E-state index < -0.39 is 28.4 Å². The van der Waals surface area contributed by atoms with E-state index in [9.17, 15) is 24.8 Å². The number of furan rings is 1. The molecule has 1 fully saturated rings. The molecule has 0 saturated carbocycles. The van der Waals surface area contributed by atoms with Gasteiger partial charge in [-0.25, -0.2) is 0 Å². The molecule has 0 radical (unpaired) electrons. The number of rotatable bonds is 4. The fourth-order valence-corrected chi connectivity index (χ4v) is 3.60. The van der Waals surface area contributed by atoms with Gasteiger partial charge in [0, 0.05) is 23.4 Å². The molecule has 3 aromatic rings. The second kappa shape index (κ2) is 7.56. The van der Waals surface area contributed by atoms with Gasteiger partial charge in [-0.3, -0.25) is 24.6 Å². The highest BCUT2D eigenvalue weighted by Crippen LogP contribution is 2.42. The molecule has 2 aromatic carbocycles. The van der Waals surface area contributed by atoms with Crippen molar-refractivity contribution in [2.24, 2.45) is 0 Å². The van der Waals surface area contributed by atoms with Gasteiger partial charge in [0.05, 0.1) is 10.5 Å². The number of benzene rings is 2. The van der Waals surface area contributed by atoms with E-state index in [4.69, 9.17) is 4.42 Å². The molecule has 4 rings (SSSR count). The van der Waals surface area contributed by atoms with Gasteiger partial charge in [0.15, 0.2) is 0 Å². The van der Waals surface area contributed by atoms with Crippen LogP contribution < -0.4 is 4.90 Å². The third kappa shape index (κ3) is 3.48. The monoisotopic (exact) mass is 418 g/mol. The van der Waals surface area contributed by atoms with Gasteiger partial charge in [-0.2, -0.15) is 0 Å². The van der Waals surface area contributed by atoms with Crippen molar-refractivity contribution in [2.45, 2.75) is 19.9 Å². The van der Waals surface area contributed by atoms with Crippen LogP contribution in [0.25, 0.3) is 5.76 Å². The zero-order chi connectivity index (χ0) is 22.3. The van der Waals surface area contributed by atoms with Crippen molar-refractivity contribution < 1.29 is 24.0 Å². The molecule has 1 N–H and O–H groups in total. The summed E-state index contributed by atoms with van der Waals surface area (Å²) in [4.78, 5) is 37.8. The molecule has 31 heavy (non-hydrogen) atoms. The minimum absolute atomic E-state index is 0.0596. The molecule has 156 valence electrons. The Morgan fingerprint density at radius 2 is 1.77 bits per heavy atom. The van der Waals surface area contributed by atoms with Crippen molar-refractivity contribution in [3.05, 3.63) is 99.0 Å². The molecule has 1 aliphatic heterocycles. The maximum Gasteiger partial charge on any atom is 0.300 e. The topological polar surface area (TPSA) is 114 Å². The molecule has 1 amide bonds. The van der Waals surface area contributed by atoms with Gasteiger partial charge in [-0.05, 0) is 38.1 Å². The Balaban J connectivity index is 1.93. The second-order valence-corrected chi connectivity index (χ2v) is 7.26. The fourth-order valence-electron chi connectivity index (χ4n) is 3.60. The van der Waals surface area contributed by atoms with Crippen LogP contribution in [0.4, 0.5) is 11.4 Å². The normalized spacial score (nSPS) is 17.9. The lowest BCUT2D eigenvalue weighted by atomic mass is 9.99. The van der Waals surface area contributed by atoms with Crippen LogP contribution in [0.5, 0.6) is 0 Å². The van der Waals surface area contributed by atoms with E-state index in [1.807, 2.05) is 6.92 Å². The van der Waals surface area contributed by atoms with Gasteiger partial charge in [0.25, 0.3) is 17.4 Å². The number of hydrogen-bond acceptors (Lipinski definition) is 6. The molecule has 1 saturated heterocycles. The van der Waals surface area contributed by atoms with Crippen LogP contribution in [-0.2, 0) is 9.59 Å². The number of nitro groups is 1. The summed E-state index contributed by atoms with van der Waals surface area (Å²) in [6.07, 6.45) is 0. The molecule has 8 heteroatoms. The Labute approximate surface area is 177 Å². The summed E-state index contributed by atoms with van der Waals surface area (Å²) < 4.78 is 5.72. The minimum Gasteiger partial charge on any atom is -0.507 e. The van der Waals surface area contributed by atoms with Crippen molar-refractivity contribution in [1.29, 1.82) is 0 Å². The number of carbonyl (C=O) groups is 2. The predicted octanol–water partition coefficient (Wildman–Crippen LogP) is 4.43.